The summed E-state index contributed by atoms with van der Waals surface area (Å²) in [4.78, 5) is 50.7. The van der Waals surface area contributed by atoms with Gasteiger partial charge in [-0.1, -0.05) is 108 Å². The summed E-state index contributed by atoms with van der Waals surface area (Å²) in [5.41, 5.74) is -0.0148. The lowest BCUT2D eigenvalue weighted by atomic mass is 9.71. The van der Waals surface area contributed by atoms with Gasteiger partial charge in [-0.15, -0.1) is 0 Å². The van der Waals surface area contributed by atoms with Crippen LogP contribution in [-0.2, 0) is 59.7 Å². The van der Waals surface area contributed by atoms with Crippen LogP contribution in [0.25, 0.3) is 0 Å². The Labute approximate surface area is 392 Å². The van der Waals surface area contributed by atoms with E-state index in [1.165, 1.54) is 5.06 Å². The van der Waals surface area contributed by atoms with E-state index in [1.54, 1.807) is 17.2 Å². The number of amides is 2. The predicted molar refractivity (Wildman–Crippen MR) is 263 cm³/mol. The second-order valence-electron chi connectivity index (χ2n) is 23.4. The molecule has 358 valence electrons. The molecule has 2 aromatic carbocycles. The highest BCUT2D eigenvalue weighted by molar-refractivity contribution is 6.74. The first kappa shape index (κ1) is 51.5. The first-order chi connectivity index (χ1) is 29.9. The van der Waals surface area contributed by atoms with Crippen molar-refractivity contribution in [1.82, 2.24) is 10.1 Å². The maximum atomic E-state index is 13.1. The van der Waals surface area contributed by atoms with Gasteiger partial charge in [0.1, 0.15) is 54.3 Å². The van der Waals surface area contributed by atoms with Crippen molar-refractivity contribution >= 4 is 50.9 Å². The number of epoxide rings is 1. The minimum Gasteiger partial charge on any atom is -0.409 e. The third kappa shape index (κ3) is 11.0. The summed E-state index contributed by atoms with van der Waals surface area (Å²) in [6.45, 7) is 36.0. The molecule has 2 aromatic rings. The van der Waals surface area contributed by atoms with E-state index in [1.807, 2.05) is 60.7 Å². The summed E-state index contributed by atoms with van der Waals surface area (Å²) in [6.07, 6.45) is 6.11. The number of hydrogen-bond donors (Lipinski definition) is 0. The molecule has 0 unspecified atom stereocenters. The van der Waals surface area contributed by atoms with Gasteiger partial charge in [-0.05, 0) is 105 Å². The van der Waals surface area contributed by atoms with Crippen LogP contribution in [0.5, 0.6) is 0 Å². The van der Waals surface area contributed by atoms with Crippen LogP contribution < -0.4 is 0 Å². The van der Waals surface area contributed by atoms with E-state index in [4.69, 9.17) is 32.1 Å². The van der Waals surface area contributed by atoms with E-state index in [0.717, 1.165) is 11.1 Å². The van der Waals surface area contributed by atoms with Crippen molar-refractivity contribution in [2.75, 3.05) is 6.61 Å². The minimum atomic E-state index is -2.28. The molecule has 3 spiro atoms. The van der Waals surface area contributed by atoms with Crippen LogP contribution in [0.4, 0.5) is 0 Å². The summed E-state index contributed by atoms with van der Waals surface area (Å²) in [6, 6.07) is 19.6. The Kier molecular flexibility index (Phi) is 14.4. The molecule has 0 aromatic heterocycles. The molecule has 0 saturated carbocycles. The number of ketones is 1. The lowest BCUT2D eigenvalue weighted by Gasteiger charge is -2.58. The normalized spacial score (nSPS) is 29.3. The largest absolute Gasteiger partial charge is 0.409 e. The minimum absolute atomic E-state index is 0.0292. The molecule has 16 heteroatoms. The van der Waals surface area contributed by atoms with E-state index < -0.39 is 62.2 Å². The second-order valence-corrected chi connectivity index (χ2v) is 41.9. The number of hydroxylamine groups is 4. The van der Waals surface area contributed by atoms with Crippen molar-refractivity contribution in [1.29, 1.82) is 0 Å². The van der Waals surface area contributed by atoms with E-state index in [2.05, 4.69) is 119 Å². The fourth-order valence-corrected chi connectivity index (χ4v) is 12.8. The number of hydrogen-bond acceptors (Lipinski definition) is 10. The zero-order chi connectivity index (χ0) is 48.2. The first-order valence-corrected chi connectivity index (χ1v) is 35.8. The van der Waals surface area contributed by atoms with Crippen LogP contribution >= 0.6 is 0 Å². The van der Waals surface area contributed by atoms with Gasteiger partial charge in [-0.3, -0.25) is 24.1 Å². The standard InChI is InChI=1S/C25H39NO5Si2.C24H37NO5Si2/c1-23(2,3)33(7,8)31-22-21(30-32(4,5)6)24(14-15-25(22)18-28-25)16-20(27)26(24)29-17-19-12-10-9-11-13-19;1-23(2,3)32(7,8)29-21-19(26)14-15-24(22(21)30-31(4,5)6)16-20(27)25(24)28-17-18-12-10-9-11-13-18/h9-15,21-22H,16-18H2,1-8H3;9-15,21-22H,16-17H2,1-8H3/t21-,22+,24+,25+;21-,22-,24+/m11/s1. The fourth-order valence-electron chi connectivity index (χ4n) is 8.07. The fraction of sp³-hybridized carbons (Fsp3) is 0.612. The molecule has 2 amide bonds. The van der Waals surface area contributed by atoms with Gasteiger partial charge in [-0.25, -0.2) is 10.1 Å². The molecule has 5 aliphatic rings. The maximum Gasteiger partial charge on any atom is 0.249 e. The monoisotopic (exact) mass is 964 g/mol. The molecule has 2 aliphatic carbocycles. The average Bonchev–Trinajstić information content (AvgIpc) is 3.96. The number of ether oxygens (including phenoxy) is 1. The molecule has 7 rings (SSSR count). The SMILES string of the molecule is CC(C)(C)[Si](C)(C)O[C@@H]1C(=O)C=C[C@]2(CC(=O)N2OCc2ccccc2)[C@@H]1O[Si](C)(C)C.CC(C)(C)[Si](C)(C)O[C@H]1[C@@H](O[Si](C)(C)C)[C@]2(C=C[C@]13CO3)CC(=O)N2OCc1ccccc1. The number of rotatable bonds is 14. The van der Waals surface area contributed by atoms with Crippen molar-refractivity contribution in [2.24, 2.45) is 0 Å². The maximum absolute atomic E-state index is 13.1. The van der Waals surface area contributed by atoms with Crippen LogP contribution in [0, 0.1) is 0 Å². The van der Waals surface area contributed by atoms with Crippen molar-refractivity contribution in [2.45, 2.75) is 184 Å². The van der Waals surface area contributed by atoms with Crippen LogP contribution in [-0.4, -0.2) is 109 Å². The third-order valence-electron chi connectivity index (χ3n) is 13.9. The predicted octanol–water partition coefficient (Wildman–Crippen LogP) is 9.88. The van der Waals surface area contributed by atoms with E-state index in [0.29, 0.717) is 19.6 Å². The summed E-state index contributed by atoms with van der Waals surface area (Å²) in [7, 11) is -8.51. The molecule has 0 radical (unpaired) electrons. The van der Waals surface area contributed by atoms with Crippen molar-refractivity contribution < 1.29 is 46.5 Å². The number of β-lactam (4-membered cyclic amide) rings is 2. The van der Waals surface area contributed by atoms with Crippen molar-refractivity contribution in [3.05, 3.63) is 96.1 Å². The number of benzene rings is 2. The van der Waals surface area contributed by atoms with Gasteiger partial charge in [0.25, 0.3) is 0 Å². The van der Waals surface area contributed by atoms with Gasteiger partial charge in [0.05, 0.1) is 19.4 Å². The molecular formula is C49H76N2O10Si4. The van der Waals surface area contributed by atoms with Gasteiger partial charge >= 0.3 is 0 Å². The molecule has 3 aliphatic heterocycles. The average molecular weight is 965 g/mol. The second kappa shape index (κ2) is 18.2. The Morgan fingerprint density at radius 2 is 0.985 bits per heavy atom. The highest BCUT2D eigenvalue weighted by atomic mass is 28.4. The Morgan fingerprint density at radius 3 is 1.38 bits per heavy atom. The van der Waals surface area contributed by atoms with Crippen LogP contribution in [0.2, 0.25) is 75.5 Å². The summed E-state index contributed by atoms with van der Waals surface area (Å²) >= 11 is 0. The molecule has 0 bridgehead atoms. The lowest BCUT2D eigenvalue weighted by Crippen LogP contribution is -2.75. The number of carbonyl (C=O) groups is 3. The van der Waals surface area contributed by atoms with Crippen LogP contribution in [0.3, 0.4) is 0 Å². The molecule has 3 saturated heterocycles. The Bertz CT molecular complexity index is 2100. The van der Waals surface area contributed by atoms with E-state index >= 15 is 0 Å². The quantitative estimate of drug-likeness (QED) is 0.0782. The zero-order valence-electron chi connectivity index (χ0n) is 41.9. The topological polar surface area (TPSA) is 126 Å². The molecule has 3 heterocycles. The molecule has 65 heavy (non-hydrogen) atoms. The van der Waals surface area contributed by atoms with Crippen molar-refractivity contribution in [3.63, 3.8) is 0 Å². The van der Waals surface area contributed by atoms with Gasteiger partial charge in [0, 0.05) is 0 Å². The van der Waals surface area contributed by atoms with E-state index in [-0.39, 0.29) is 52.9 Å². The summed E-state index contributed by atoms with van der Waals surface area (Å²) in [5, 5.41) is 2.93. The van der Waals surface area contributed by atoms with Gasteiger partial charge < -0.3 is 22.4 Å². The summed E-state index contributed by atoms with van der Waals surface area (Å²) in [5.74, 6) is -0.250. The van der Waals surface area contributed by atoms with Gasteiger partial charge in [0.15, 0.2) is 39.1 Å². The molecule has 12 nitrogen and oxygen atoms in total. The van der Waals surface area contributed by atoms with Gasteiger partial charge in [-0.2, -0.15) is 0 Å². The molecule has 3 fully saturated rings. The molecular weight excluding hydrogens is 889 g/mol. The Hall–Kier alpha value is -2.88. The zero-order valence-corrected chi connectivity index (χ0v) is 45.9. The molecule has 7 atom stereocenters. The first-order valence-electron chi connectivity index (χ1n) is 23.1. The van der Waals surface area contributed by atoms with Crippen LogP contribution in [0.15, 0.2) is 85.0 Å². The summed E-state index contributed by atoms with van der Waals surface area (Å²) < 4.78 is 33.1. The number of nitrogens with zero attached hydrogens (tertiary/aromatic N) is 2. The Morgan fingerprint density at radius 1 is 0.569 bits per heavy atom. The smallest absolute Gasteiger partial charge is 0.249 e. The highest BCUT2D eigenvalue weighted by Crippen LogP contribution is 2.53. The Balaban J connectivity index is 0.000000216. The van der Waals surface area contributed by atoms with Crippen LogP contribution in [0.1, 0.15) is 65.5 Å². The number of carbonyl (C=O) groups excluding carboxylic acids is 3. The molecule has 0 N–H and O–H groups in total. The third-order valence-corrected chi connectivity index (χ3v) is 24.7. The van der Waals surface area contributed by atoms with Gasteiger partial charge in [0.2, 0.25) is 11.8 Å². The van der Waals surface area contributed by atoms with E-state index in [9.17, 15) is 14.4 Å². The highest BCUT2D eigenvalue weighted by Gasteiger charge is 2.69. The van der Waals surface area contributed by atoms with Crippen molar-refractivity contribution in [3.8, 4) is 0 Å². The lowest BCUT2D eigenvalue weighted by molar-refractivity contribution is -0.276.